The number of nitrogens with two attached hydrogens (primary N) is 1. The molecule has 44 heavy (non-hydrogen) atoms. The monoisotopic (exact) mass is 619 g/mol. The molecule has 10 nitrogen and oxygen atoms in total. The van der Waals surface area contributed by atoms with E-state index in [1.165, 1.54) is 6.92 Å². The van der Waals surface area contributed by atoms with E-state index in [2.05, 4.69) is 20.8 Å². The Balaban J connectivity index is 1.25. The summed E-state index contributed by atoms with van der Waals surface area (Å²) in [6.45, 7) is 10.9. The first-order valence-corrected chi connectivity index (χ1v) is 16.7. The van der Waals surface area contributed by atoms with Gasteiger partial charge in [0.2, 0.25) is 0 Å². The van der Waals surface area contributed by atoms with Gasteiger partial charge < -0.3 is 39.7 Å². The van der Waals surface area contributed by atoms with E-state index in [1.54, 1.807) is 13.8 Å². The van der Waals surface area contributed by atoms with E-state index in [1.807, 2.05) is 0 Å². The molecule has 248 valence electrons. The molecule has 0 amide bonds. The summed E-state index contributed by atoms with van der Waals surface area (Å²) in [5, 5.41) is 20.7. The Morgan fingerprint density at radius 3 is 2.41 bits per heavy atom. The smallest absolute Gasteiger partial charge is 0.303 e. The molecule has 12 atom stereocenters. The van der Waals surface area contributed by atoms with Gasteiger partial charge in [-0.25, -0.2) is 0 Å². The maximum atomic E-state index is 14.6. The second-order valence-electron chi connectivity index (χ2n) is 16.4. The van der Waals surface area contributed by atoms with Crippen LogP contribution in [0.25, 0.3) is 0 Å². The molecule has 0 aromatic heterocycles. The summed E-state index contributed by atoms with van der Waals surface area (Å²) >= 11 is 0. The number of carbonyl (C=O) groups excluding carboxylic acids is 3. The molecule has 5 aliphatic carbocycles. The molecule has 0 bridgehead atoms. The highest BCUT2D eigenvalue weighted by atomic mass is 16.7. The van der Waals surface area contributed by atoms with Gasteiger partial charge in [0.05, 0.1) is 30.0 Å². The van der Waals surface area contributed by atoms with E-state index in [0.29, 0.717) is 18.6 Å². The number of carbonyl (C=O) groups is 3. The number of ether oxygens (including phenoxy) is 4. The Kier molecular flexibility index (Phi) is 7.79. The van der Waals surface area contributed by atoms with E-state index in [0.717, 1.165) is 51.4 Å². The van der Waals surface area contributed by atoms with Gasteiger partial charge in [-0.1, -0.05) is 20.8 Å². The van der Waals surface area contributed by atoms with E-state index < -0.39 is 47.1 Å². The highest BCUT2D eigenvalue weighted by Gasteiger charge is 2.85. The molecule has 6 aliphatic rings. The van der Waals surface area contributed by atoms with Crippen molar-refractivity contribution in [2.45, 2.75) is 141 Å². The van der Waals surface area contributed by atoms with Crippen molar-refractivity contribution in [1.82, 2.24) is 0 Å². The summed E-state index contributed by atoms with van der Waals surface area (Å²) in [5.41, 5.74) is 4.75. The number of aliphatic hydroxyl groups is 2. The molecule has 4 N–H and O–H groups in total. The normalized spacial score (nSPS) is 46.8. The first-order valence-electron chi connectivity index (χ1n) is 16.7. The second-order valence-corrected chi connectivity index (χ2v) is 16.4. The largest absolute Gasteiger partial charge is 0.457 e. The number of aldehydes is 1. The number of aliphatic hydroxyl groups excluding tert-OH is 1. The maximum absolute atomic E-state index is 14.6. The van der Waals surface area contributed by atoms with E-state index in [9.17, 15) is 24.6 Å². The third kappa shape index (κ3) is 4.30. The van der Waals surface area contributed by atoms with Crippen molar-refractivity contribution >= 4 is 18.0 Å². The van der Waals surface area contributed by atoms with Crippen LogP contribution < -0.4 is 5.73 Å². The summed E-state index contributed by atoms with van der Waals surface area (Å²) in [4.78, 5) is 37.4. The maximum Gasteiger partial charge on any atom is 0.303 e. The van der Waals surface area contributed by atoms with Gasteiger partial charge in [-0.2, -0.15) is 0 Å². The van der Waals surface area contributed by atoms with Gasteiger partial charge >= 0.3 is 5.97 Å². The zero-order valence-corrected chi connectivity index (χ0v) is 27.3. The van der Waals surface area contributed by atoms with Gasteiger partial charge in [0.1, 0.15) is 19.0 Å². The minimum atomic E-state index is -1.32. The van der Waals surface area contributed by atoms with Crippen molar-refractivity contribution in [3.8, 4) is 0 Å². The quantitative estimate of drug-likeness (QED) is 0.199. The molecule has 0 aromatic rings. The standard InChI is InChI=1S/C34H53NO9/c1-19(38)42-28(30(4,5)40)21-8-7-20-26(43-21)27(39)34(35)23-10-9-22-29(2,3)24(44-25(17-37)41-16-15-36)11-12-32(22)18-33(23,32)14-13-31(20,34)6/h15,20-26,28,37,40H,7-14,16-18,35H2,1-6H3/t20?,21-,22+,23-,24+,25+,26+,28+,31-,32?,33+,34+/m1/s1. The number of hydrogen-bond donors (Lipinski definition) is 3. The molecule has 6 fully saturated rings. The third-order valence-corrected chi connectivity index (χ3v) is 13.8. The average molecular weight is 620 g/mol. The zero-order valence-electron chi connectivity index (χ0n) is 27.3. The Bertz CT molecular complexity index is 1180. The van der Waals surface area contributed by atoms with Crippen LogP contribution in [0.1, 0.15) is 99.3 Å². The molecular weight excluding hydrogens is 566 g/mol. The van der Waals surface area contributed by atoms with Gasteiger partial charge in [-0.05, 0) is 111 Å². The van der Waals surface area contributed by atoms with Gasteiger partial charge in [0.15, 0.2) is 18.2 Å². The molecule has 0 aromatic carbocycles. The van der Waals surface area contributed by atoms with Gasteiger partial charge in [0.25, 0.3) is 0 Å². The lowest BCUT2D eigenvalue weighted by atomic mass is 9.44. The highest BCUT2D eigenvalue weighted by Crippen LogP contribution is 2.87. The minimum absolute atomic E-state index is 0.00668. The van der Waals surface area contributed by atoms with Crippen molar-refractivity contribution in [2.75, 3.05) is 13.2 Å². The number of Topliss-reactive ketones (excluding diaryl/α,β-unsaturated/α-hetero) is 1. The lowest BCUT2D eigenvalue weighted by Crippen LogP contribution is -2.68. The molecule has 10 heteroatoms. The lowest BCUT2D eigenvalue weighted by Gasteiger charge is -2.62. The van der Waals surface area contributed by atoms with Crippen molar-refractivity contribution in [1.29, 1.82) is 0 Å². The molecular formula is C34H53NO9. The molecule has 2 unspecified atom stereocenters. The molecule has 1 aliphatic heterocycles. The average Bonchev–Trinajstić information content (AvgIpc) is 3.59. The van der Waals surface area contributed by atoms with Crippen LogP contribution in [0.15, 0.2) is 0 Å². The van der Waals surface area contributed by atoms with E-state index in [-0.39, 0.29) is 53.2 Å². The van der Waals surface area contributed by atoms with Crippen molar-refractivity contribution in [2.24, 2.45) is 45.1 Å². The van der Waals surface area contributed by atoms with Crippen LogP contribution in [0.3, 0.4) is 0 Å². The van der Waals surface area contributed by atoms with E-state index >= 15 is 0 Å². The molecule has 1 heterocycles. The summed E-state index contributed by atoms with van der Waals surface area (Å²) in [6.07, 6.45) is 5.55. The Morgan fingerprint density at radius 2 is 1.77 bits per heavy atom. The Hall–Kier alpha value is -1.43. The fourth-order valence-electron chi connectivity index (χ4n) is 11.9. The van der Waals surface area contributed by atoms with Gasteiger partial charge in [-0.3, -0.25) is 9.59 Å². The summed E-state index contributed by atoms with van der Waals surface area (Å²) in [6, 6.07) is 0. The fourth-order valence-corrected chi connectivity index (χ4v) is 11.9. The zero-order chi connectivity index (χ0) is 32.1. The van der Waals surface area contributed by atoms with Crippen LogP contribution in [-0.2, 0) is 33.3 Å². The van der Waals surface area contributed by atoms with Gasteiger partial charge in [-0.15, -0.1) is 0 Å². The third-order valence-electron chi connectivity index (χ3n) is 13.8. The molecule has 2 spiro atoms. The second kappa shape index (κ2) is 10.5. The minimum Gasteiger partial charge on any atom is -0.457 e. The summed E-state index contributed by atoms with van der Waals surface area (Å²) in [7, 11) is 0. The Labute approximate surface area is 261 Å². The number of hydrogen-bond acceptors (Lipinski definition) is 10. The number of esters is 1. The molecule has 6 rings (SSSR count). The number of ketones is 1. The van der Waals surface area contributed by atoms with E-state index in [4.69, 9.17) is 24.7 Å². The van der Waals surface area contributed by atoms with Crippen LogP contribution in [0, 0.1) is 39.4 Å². The first kappa shape index (κ1) is 32.5. The SMILES string of the molecule is CC(=O)O[C@@H]([C@H]1CCC2[C@H](O1)C(=O)[C@@]1(N)[C@@H]3CC[C@H]4C(C)(C)[C@@H](O[C@@H](CO)OCC=O)CCC45C[C@@]35CC[C@]21C)C(C)(C)O. The predicted molar refractivity (Wildman–Crippen MR) is 159 cm³/mol. The van der Waals surface area contributed by atoms with Crippen molar-refractivity contribution in [3.05, 3.63) is 0 Å². The fraction of sp³-hybridized carbons (Fsp3) is 0.912. The van der Waals surface area contributed by atoms with Gasteiger partial charge in [0, 0.05) is 6.92 Å². The molecule has 5 saturated carbocycles. The van der Waals surface area contributed by atoms with Crippen molar-refractivity contribution in [3.63, 3.8) is 0 Å². The van der Waals surface area contributed by atoms with Crippen molar-refractivity contribution < 1.29 is 43.5 Å². The van der Waals surface area contributed by atoms with Crippen LogP contribution >= 0.6 is 0 Å². The number of rotatable bonds is 9. The topological polar surface area (TPSA) is 155 Å². The number of fused-ring (bicyclic) bond motifs is 4. The first-order chi connectivity index (χ1) is 20.5. The lowest BCUT2D eigenvalue weighted by molar-refractivity contribution is -0.235. The molecule has 1 saturated heterocycles. The summed E-state index contributed by atoms with van der Waals surface area (Å²) in [5.74, 6) is -0.0519. The highest BCUT2D eigenvalue weighted by molar-refractivity contribution is 5.97. The van der Waals surface area contributed by atoms with Crippen LogP contribution in [-0.4, -0.2) is 83.3 Å². The van der Waals surface area contributed by atoms with Crippen LogP contribution in [0.2, 0.25) is 0 Å². The molecule has 0 radical (unpaired) electrons. The Morgan fingerprint density at radius 1 is 1.09 bits per heavy atom. The summed E-state index contributed by atoms with van der Waals surface area (Å²) < 4.78 is 23.8. The van der Waals surface area contributed by atoms with Crippen LogP contribution in [0.5, 0.6) is 0 Å². The van der Waals surface area contributed by atoms with Crippen LogP contribution in [0.4, 0.5) is 0 Å². The predicted octanol–water partition coefficient (Wildman–Crippen LogP) is 3.07.